The summed E-state index contributed by atoms with van der Waals surface area (Å²) in [6.07, 6.45) is 0.829. The molecule has 0 fully saturated rings. The first-order valence-corrected chi connectivity index (χ1v) is 8.48. The van der Waals surface area contributed by atoms with Crippen LogP contribution in [-0.2, 0) is 14.9 Å². The van der Waals surface area contributed by atoms with E-state index in [0.29, 0.717) is 32.7 Å². The quantitative estimate of drug-likeness (QED) is 0.459. The first-order valence-electron chi connectivity index (χ1n) is 5.93. The topological polar surface area (TPSA) is 82.1 Å². The van der Waals surface area contributed by atoms with Crippen molar-refractivity contribution in [3.8, 4) is 11.5 Å². The molecule has 0 amide bonds. The summed E-state index contributed by atoms with van der Waals surface area (Å²) in [5.74, 6) is 1.29. The van der Waals surface area contributed by atoms with E-state index in [2.05, 4.69) is 0 Å². The summed E-state index contributed by atoms with van der Waals surface area (Å²) in [5, 5.41) is 3.77. The third kappa shape index (κ3) is 6.30. The zero-order valence-corrected chi connectivity index (χ0v) is 14.9. The zero-order valence-electron chi connectivity index (χ0n) is 11.3. The second-order valence-corrected chi connectivity index (χ2v) is 6.53. The fourth-order valence-electron chi connectivity index (χ4n) is 1.65. The van der Waals surface area contributed by atoms with Gasteiger partial charge in [-0.15, -0.1) is 11.3 Å². The summed E-state index contributed by atoms with van der Waals surface area (Å²) in [4.78, 5) is 0. The number of rotatable bonds is 7. The molecule has 1 aliphatic rings. The molecular weight excluding hydrogens is 315 g/mol. The predicted molar refractivity (Wildman–Crippen MR) is 76.5 cm³/mol. The van der Waals surface area contributed by atoms with Crippen molar-refractivity contribution in [2.24, 2.45) is 0 Å². The van der Waals surface area contributed by atoms with Crippen LogP contribution < -0.4 is 9.47 Å². The second-order valence-electron chi connectivity index (χ2n) is 4.22. The summed E-state index contributed by atoms with van der Waals surface area (Å²) in [6, 6.07) is 0. The minimum absolute atomic E-state index is 0. The van der Waals surface area contributed by atoms with Crippen LogP contribution in [-0.4, -0.2) is 74.2 Å². The first-order chi connectivity index (χ1) is 9.04. The van der Waals surface area contributed by atoms with Crippen LogP contribution in [0.2, 0.25) is 0 Å². The van der Waals surface area contributed by atoms with E-state index in [0.717, 1.165) is 11.5 Å². The number of hydrogen-bond acceptors (Lipinski definition) is 6. The van der Waals surface area contributed by atoms with Gasteiger partial charge in [0, 0.05) is 46.9 Å². The summed E-state index contributed by atoms with van der Waals surface area (Å²) >= 11 is 1.52. The molecule has 0 aliphatic carbocycles. The van der Waals surface area contributed by atoms with Crippen LogP contribution in [0.1, 0.15) is 12.8 Å². The molecule has 0 spiro atoms. The smallest absolute Gasteiger partial charge is 0.264 e. The number of fused-ring (bicyclic) bond motifs is 1. The van der Waals surface area contributed by atoms with Crippen LogP contribution in [0.3, 0.4) is 0 Å². The summed E-state index contributed by atoms with van der Waals surface area (Å²) < 4.78 is 46.1. The maximum atomic E-state index is 10.5. The molecule has 1 aromatic heterocycles. The molecule has 0 bridgehead atoms. The average Bonchev–Trinajstić information content (AvgIpc) is 2.79. The van der Waals surface area contributed by atoms with Gasteiger partial charge in [-0.1, -0.05) is 0 Å². The Morgan fingerprint density at radius 2 is 2.10 bits per heavy atom. The van der Waals surface area contributed by atoms with E-state index in [1.807, 2.05) is 10.8 Å². The van der Waals surface area contributed by atoms with E-state index in [1.54, 1.807) is 0 Å². The first kappa shape index (κ1) is 18.2. The molecule has 0 aromatic carbocycles. The number of hydrogen-bond donors (Lipinski definition) is 1. The Bertz CT molecular complexity index is 501. The van der Waals surface area contributed by atoms with Gasteiger partial charge in [0.15, 0.2) is 17.6 Å². The van der Waals surface area contributed by atoms with E-state index in [1.165, 1.54) is 11.3 Å². The van der Waals surface area contributed by atoms with E-state index in [9.17, 15) is 8.42 Å². The van der Waals surface area contributed by atoms with Crippen molar-refractivity contribution in [2.45, 2.75) is 18.9 Å². The van der Waals surface area contributed by atoms with E-state index >= 15 is 0 Å². The van der Waals surface area contributed by atoms with Crippen molar-refractivity contribution in [1.82, 2.24) is 0 Å². The fourth-order valence-corrected chi connectivity index (χ4v) is 2.89. The molecule has 2 heterocycles. The van der Waals surface area contributed by atoms with E-state index in [-0.39, 0.29) is 41.4 Å². The molecule has 20 heavy (non-hydrogen) atoms. The van der Waals surface area contributed by atoms with Crippen molar-refractivity contribution in [3.05, 3.63) is 10.8 Å². The Kier molecular flexibility index (Phi) is 7.81. The summed E-state index contributed by atoms with van der Waals surface area (Å²) in [7, 11) is -3.86. The third-order valence-electron chi connectivity index (χ3n) is 2.56. The van der Waals surface area contributed by atoms with Crippen molar-refractivity contribution in [1.29, 1.82) is 0 Å². The van der Waals surface area contributed by atoms with Crippen molar-refractivity contribution < 1.29 is 27.2 Å². The molecule has 1 aliphatic heterocycles. The Morgan fingerprint density at radius 1 is 1.35 bits per heavy atom. The van der Waals surface area contributed by atoms with Gasteiger partial charge < -0.3 is 14.2 Å². The maximum Gasteiger partial charge on any atom is 0.264 e. The standard InChI is InChI=1S/C11H16O6S2.Na/c12-19(13,14)4-2-1-3-15-5-9-6-16-10-7-18-8-11(10)17-9;/h7-9H,1-6H2,(H,12,13,14);. The van der Waals surface area contributed by atoms with Gasteiger partial charge >= 0.3 is 0 Å². The summed E-state index contributed by atoms with van der Waals surface area (Å²) in [5.41, 5.74) is 0. The van der Waals surface area contributed by atoms with Crippen molar-refractivity contribution in [2.75, 3.05) is 25.6 Å². The molecule has 1 atom stereocenters. The molecule has 2 rings (SSSR count). The third-order valence-corrected chi connectivity index (χ3v) is 4.06. The average molecular weight is 331 g/mol. The maximum absolute atomic E-state index is 10.5. The van der Waals surface area contributed by atoms with Crippen LogP contribution in [0.5, 0.6) is 11.5 Å². The number of thiophene rings is 1. The minimum Gasteiger partial charge on any atom is -0.485 e. The minimum atomic E-state index is -3.86. The van der Waals surface area contributed by atoms with Gasteiger partial charge in [-0.2, -0.15) is 8.42 Å². The predicted octanol–water partition coefficient (Wildman–Crippen LogP) is 1.19. The Morgan fingerprint density at radius 3 is 2.85 bits per heavy atom. The Labute approximate surface area is 144 Å². The van der Waals surface area contributed by atoms with Crippen molar-refractivity contribution >= 4 is 51.0 Å². The van der Waals surface area contributed by atoms with Gasteiger partial charge in [-0.25, -0.2) is 0 Å². The molecule has 0 saturated heterocycles. The van der Waals surface area contributed by atoms with Gasteiger partial charge in [0.05, 0.1) is 12.4 Å². The van der Waals surface area contributed by atoms with Crippen LogP contribution in [0.25, 0.3) is 0 Å². The van der Waals surface area contributed by atoms with Gasteiger partial charge in [0.1, 0.15) is 6.61 Å². The molecule has 1 radical (unpaired) electrons. The Balaban J connectivity index is 0.00000200. The van der Waals surface area contributed by atoms with E-state index < -0.39 is 10.1 Å². The van der Waals surface area contributed by atoms with Crippen LogP contribution in [0.15, 0.2) is 10.8 Å². The molecule has 1 unspecified atom stereocenters. The van der Waals surface area contributed by atoms with Crippen LogP contribution in [0.4, 0.5) is 0 Å². The fraction of sp³-hybridized carbons (Fsp3) is 0.636. The molecule has 1 aromatic rings. The molecular formula is C11H16NaO6S2. The molecule has 109 valence electrons. The van der Waals surface area contributed by atoms with Crippen molar-refractivity contribution in [3.63, 3.8) is 0 Å². The van der Waals surface area contributed by atoms with E-state index in [4.69, 9.17) is 18.8 Å². The molecule has 9 heteroatoms. The molecule has 6 nitrogen and oxygen atoms in total. The SMILES string of the molecule is O=S(=O)(O)CCCCOCC1COc2cscc2O1.[Na]. The molecule has 1 N–H and O–H groups in total. The summed E-state index contributed by atoms with van der Waals surface area (Å²) in [6.45, 7) is 1.29. The zero-order chi connectivity index (χ0) is 13.7. The monoisotopic (exact) mass is 331 g/mol. The van der Waals surface area contributed by atoms with Crippen LogP contribution >= 0.6 is 11.3 Å². The normalized spacial score (nSPS) is 17.6. The Hall–Kier alpha value is 0.170. The molecule has 0 saturated carbocycles. The van der Waals surface area contributed by atoms with Gasteiger partial charge in [0.25, 0.3) is 10.1 Å². The number of ether oxygens (including phenoxy) is 3. The number of unbranched alkanes of at least 4 members (excludes halogenated alkanes) is 1. The van der Waals surface area contributed by atoms with Gasteiger partial charge in [0.2, 0.25) is 0 Å². The second kappa shape index (κ2) is 8.57. The largest absolute Gasteiger partial charge is 0.485 e. The van der Waals surface area contributed by atoms with Gasteiger partial charge in [-0.05, 0) is 12.8 Å². The van der Waals surface area contributed by atoms with Crippen LogP contribution in [0, 0.1) is 0 Å². The van der Waals surface area contributed by atoms with Gasteiger partial charge in [-0.3, -0.25) is 4.55 Å².